The minimum Gasteiger partial charge on any atom is -0.399 e. The summed E-state index contributed by atoms with van der Waals surface area (Å²) in [5.41, 5.74) is 7.48. The molecule has 0 radical (unpaired) electrons. The fourth-order valence-corrected chi connectivity index (χ4v) is 4.82. The number of nitrogens with one attached hydrogen (secondary N) is 1. The summed E-state index contributed by atoms with van der Waals surface area (Å²) in [4.78, 5) is 12.8. The molecule has 2 aromatic carbocycles. The van der Waals surface area contributed by atoms with E-state index in [1.807, 2.05) is 24.3 Å². The number of sulfonamides is 1. The molecule has 0 spiro atoms. The Bertz CT molecular complexity index is 867. The van der Waals surface area contributed by atoms with Gasteiger partial charge in [-0.25, -0.2) is 8.42 Å². The van der Waals surface area contributed by atoms with Crippen molar-refractivity contribution in [2.24, 2.45) is 5.92 Å². The van der Waals surface area contributed by atoms with Gasteiger partial charge < -0.3 is 11.1 Å². The molecule has 1 unspecified atom stereocenters. The number of amides is 1. The standard InChI is InChI=1S/C20H25N3O3S/c21-18-10-8-16(9-11-18)12-13-22-20(24)17-5-4-14-23(15-17)27(25,26)19-6-2-1-3-7-19/h1-3,6-11,17H,4-5,12-15,21H2,(H,22,24). The average molecular weight is 388 g/mol. The van der Waals surface area contributed by atoms with Crippen molar-refractivity contribution < 1.29 is 13.2 Å². The van der Waals surface area contributed by atoms with Crippen molar-refractivity contribution in [3.63, 3.8) is 0 Å². The highest BCUT2D eigenvalue weighted by Gasteiger charge is 2.33. The molecule has 3 rings (SSSR count). The number of rotatable bonds is 6. The molecular weight excluding hydrogens is 362 g/mol. The maximum absolute atomic E-state index is 12.8. The molecule has 1 fully saturated rings. The monoisotopic (exact) mass is 387 g/mol. The minimum atomic E-state index is -3.55. The van der Waals surface area contributed by atoms with Crippen molar-refractivity contribution in [1.82, 2.24) is 9.62 Å². The molecule has 27 heavy (non-hydrogen) atoms. The molecule has 1 aliphatic rings. The molecular formula is C20H25N3O3S. The van der Waals surface area contributed by atoms with Gasteiger partial charge in [0.15, 0.2) is 0 Å². The lowest BCUT2D eigenvalue weighted by Gasteiger charge is -2.31. The van der Waals surface area contributed by atoms with E-state index in [-0.39, 0.29) is 23.3 Å². The zero-order chi connectivity index (χ0) is 19.3. The number of piperidine rings is 1. The van der Waals surface area contributed by atoms with Crippen LogP contribution in [0.25, 0.3) is 0 Å². The number of benzene rings is 2. The summed E-state index contributed by atoms with van der Waals surface area (Å²) in [6, 6.07) is 15.9. The van der Waals surface area contributed by atoms with Crippen LogP contribution < -0.4 is 11.1 Å². The van der Waals surface area contributed by atoms with Crippen LogP contribution in [0.2, 0.25) is 0 Å². The van der Waals surface area contributed by atoms with E-state index in [1.54, 1.807) is 30.3 Å². The van der Waals surface area contributed by atoms with Crippen LogP contribution in [-0.4, -0.2) is 38.3 Å². The van der Waals surface area contributed by atoms with E-state index in [0.717, 1.165) is 5.56 Å². The first-order valence-corrected chi connectivity index (χ1v) is 10.6. The third kappa shape index (κ3) is 4.87. The van der Waals surface area contributed by atoms with E-state index >= 15 is 0 Å². The maximum atomic E-state index is 12.8. The van der Waals surface area contributed by atoms with E-state index < -0.39 is 10.0 Å². The Hall–Kier alpha value is -2.38. The Morgan fingerprint density at radius 3 is 2.52 bits per heavy atom. The highest BCUT2D eigenvalue weighted by atomic mass is 32.2. The van der Waals surface area contributed by atoms with Gasteiger partial charge in [0.25, 0.3) is 0 Å². The summed E-state index contributed by atoms with van der Waals surface area (Å²) in [6.07, 6.45) is 2.10. The van der Waals surface area contributed by atoms with E-state index in [0.29, 0.717) is 38.0 Å². The van der Waals surface area contributed by atoms with Gasteiger partial charge in [0, 0.05) is 25.3 Å². The Kier molecular flexibility index (Phi) is 6.13. The number of hydrogen-bond donors (Lipinski definition) is 2. The molecule has 7 heteroatoms. The van der Waals surface area contributed by atoms with Crippen LogP contribution >= 0.6 is 0 Å². The molecule has 1 atom stereocenters. The zero-order valence-electron chi connectivity index (χ0n) is 15.2. The molecule has 144 valence electrons. The summed E-state index contributed by atoms with van der Waals surface area (Å²) in [7, 11) is -3.55. The topological polar surface area (TPSA) is 92.5 Å². The second kappa shape index (κ2) is 8.54. The van der Waals surface area contributed by atoms with Crippen molar-refractivity contribution in [3.8, 4) is 0 Å². The van der Waals surface area contributed by atoms with E-state index in [9.17, 15) is 13.2 Å². The van der Waals surface area contributed by atoms with Gasteiger partial charge in [-0.05, 0) is 49.1 Å². The Balaban J connectivity index is 1.55. The van der Waals surface area contributed by atoms with E-state index in [1.165, 1.54) is 4.31 Å². The largest absolute Gasteiger partial charge is 0.399 e. The van der Waals surface area contributed by atoms with Crippen LogP contribution in [0.1, 0.15) is 18.4 Å². The van der Waals surface area contributed by atoms with Crippen LogP contribution in [0, 0.1) is 5.92 Å². The molecule has 6 nitrogen and oxygen atoms in total. The molecule has 0 aromatic heterocycles. The second-order valence-electron chi connectivity index (χ2n) is 6.80. The summed E-state index contributed by atoms with van der Waals surface area (Å²) < 4.78 is 27.0. The van der Waals surface area contributed by atoms with Crippen molar-refractivity contribution in [2.75, 3.05) is 25.4 Å². The zero-order valence-corrected chi connectivity index (χ0v) is 16.0. The Labute approximate surface area is 160 Å². The Morgan fingerprint density at radius 2 is 1.81 bits per heavy atom. The molecule has 2 aromatic rings. The molecule has 0 aliphatic carbocycles. The SMILES string of the molecule is Nc1ccc(CCNC(=O)C2CCCN(S(=O)(=O)c3ccccc3)C2)cc1. The molecule has 0 bridgehead atoms. The molecule has 1 saturated heterocycles. The van der Waals surface area contributed by atoms with Crippen molar-refractivity contribution >= 4 is 21.6 Å². The second-order valence-corrected chi connectivity index (χ2v) is 8.74. The number of hydrogen-bond acceptors (Lipinski definition) is 4. The van der Waals surface area contributed by atoms with Crippen molar-refractivity contribution in [3.05, 3.63) is 60.2 Å². The van der Waals surface area contributed by atoms with Gasteiger partial charge in [-0.15, -0.1) is 0 Å². The summed E-state index contributed by atoms with van der Waals surface area (Å²) >= 11 is 0. The lowest BCUT2D eigenvalue weighted by atomic mass is 9.99. The molecule has 1 amide bonds. The van der Waals surface area contributed by atoms with Crippen LogP contribution in [0.4, 0.5) is 5.69 Å². The smallest absolute Gasteiger partial charge is 0.243 e. The van der Waals surface area contributed by atoms with Gasteiger partial charge in [0.2, 0.25) is 15.9 Å². The van der Waals surface area contributed by atoms with Gasteiger partial charge in [-0.3, -0.25) is 4.79 Å². The van der Waals surface area contributed by atoms with Crippen LogP contribution in [-0.2, 0) is 21.2 Å². The van der Waals surface area contributed by atoms with Crippen LogP contribution in [0.3, 0.4) is 0 Å². The average Bonchev–Trinajstić information content (AvgIpc) is 2.70. The first kappa shape index (κ1) is 19.4. The predicted octanol–water partition coefficient (Wildman–Crippen LogP) is 2.03. The van der Waals surface area contributed by atoms with E-state index in [4.69, 9.17) is 5.73 Å². The number of nitrogens with two attached hydrogens (primary N) is 1. The van der Waals surface area contributed by atoms with Crippen LogP contribution in [0.5, 0.6) is 0 Å². The van der Waals surface area contributed by atoms with Gasteiger partial charge in [-0.1, -0.05) is 30.3 Å². The highest BCUT2D eigenvalue weighted by Crippen LogP contribution is 2.23. The van der Waals surface area contributed by atoms with Crippen LogP contribution in [0.15, 0.2) is 59.5 Å². The number of nitrogen functional groups attached to an aromatic ring is 1. The molecule has 1 aliphatic heterocycles. The summed E-state index contributed by atoms with van der Waals surface area (Å²) in [5, 5.41) is 2.94. The summed E-state index contributed by atoms with van der Waals surface area (Å²) in [6.45, 7) is 1.20. The quantitative estimate of drug-likeness (QED) is 0.742. The minimum absolute atomic E-state index is 0.0848. The Morgan fingerprint density at radius 1 is 1.11 bits per heavy atom. The summed E-state index contributed by atoms with van der Waals surface area (Å²) in [5.74, 6) is -0.401. The third-order valence-electron chi connectivity index (χ3n) is 4.83. The number of anilines is 1. The molecule has 1 heterocycles. The van der Waals surface area contributed by atoms with E-state index in [2.05, 4.69) is 5.32 Å². The first-order chi connectivity index (χ1) is 13.0. The number of nitrogens with zero attached hydrogens (tertiary/aromatic N) is 1. The number of carbonyl (C=O) groups excluding carboxylic acids is 1. The van der Waals surface area contributed by atoms with Crippen molar-refractivity contribution in [2.45, 2.75) is 24.2 Å². The van der Waals surface area contributed by atoms with Crippen molar-refractivity contribution in [1.29, 1.82) is 0 Å². The normalized spacial score (nSPS) is 18.1. The lowest BCUT2D eigenvalue weighted by Crippen LogP contribution is -2.45. The van der Waals surface area contributed by atoms with Gasteiger partial charge >= 0.3 is 0 Å². The van der Waals surface area contributed by atoms with Gasteiger partial charge in [0.1, 0.15) is 0 Å². The maximum Gasteiger partial charge on any atom is 0.243 e. The van der Waals surface area contributed by atoms with Gasteiger partial charge in [0.05, 0.1) is 10.8 Å². The van der Waals surface area contributed by atoms with Gasteiger partial charge in [-0.2, -0.15) is 4.31 Å². The molecule has 0 saturated carbocycles. The fourth-order valence-electron chi connectivity index (χ4n) is 3.27. The lowest BCUT2D eigenvalue weighted by molar-refractivity contribution is -0.126. The predicted molar refractivity (Wildman–Crippen MR) is 105 cm³/mol. The number of carbonyl (C=O) groups is 1. The fraction of sp³-hybridized carbons (Fsp3) is 0.350. The third-order valence-corrected chi connectivity index (χ3v) is 6.71. The highest BCUT2D eigenvalue weighted by molar-refractivity contribution is 7.89. The molecule has 3 N–H and O–H groups in total. The first-order valence-electron chi connectivity index (χ1n) is 9.14.